The quantitative estimate of drug-likeness (QED) is 0.507. The summed E-state index contributed by atoms with van der Waals surface area (Å²) < 4.78 is 0. The molecule has 0 aliphatic rings. The van der Waals surface area contributed by atoms with Crippen LogP contribution in [0.4, 0.5) is 5.69 Å². The number of thiol groups is 1. The third kappa shape index (κ3) is 3.18. The summed E-state index contributed by atoms with van der Waals surface area (Å²) >= 11 is 4.16. The first-order chi connectivity index (χ1) is 5.74. The third-order valence-corrected chi connectivity index (χ3v) is 1.91. The molecular formula is C10H17NS. The monoisotopic (exact) mass is 183 g/mol. The molecule has 1 nitrogen and oxygen atoms in total. The molecule has 0 radical (unpaired) electrons. The lowest BCUT2D eigenvalue weighted by atomic mass is 10.1. The van der Waals surface area contributed by atoms with Gasteiger partial charge in [0.25, 0.3) is 0 Å². The van der Waals surface area contributed by atoms with Crippen molar-refractivity contribution in [3.63, 3.8) is 0 Å². The van der Waals surface area contributed by atoms with Crippen LogP contribution in [0.1, 0.15) is 26.3 Å². The van der Waals surface area contributed by atoms with Gasteiger partial charge in [0.2, 0.25) is 0 Å². The van der Waals surface area contributed by atoms with Gasteiger partial charge >= 0.3 is 0 Å². The van der Waals surface area contributed by atoms with Crippen LogP contribution in [0.3, 0.4) is 0 Å². The normalized spacial score (nSPS) is 8.67. The van der Waals surface area contributed by atoms with Crippen molar-refractivity contribution in [3.8, 4) is 0 Å². The van der Waals surface area contributed by atoms with Gasteiger partial charge in [-0.25, -0.2) is 0 Å². The first-order valence-corrected chi connectivity index (χ1v) is 4.76. The second-order valence-electron chi connectivity index (χ2n) is 2.25. The largest absolute Gasteiger partial charge is 0.398 e. The molecule has 0 fully saturated rings. The van der Waals surface area contributed by atoms with E-state index in [2.05, 4.69) is 19.6 Å². The Bertz CT molecular complexity index is 233. The molecule has 0 unspecified atom stereocenters. The van der Waals surface area contributed by atoms with Crippen LogP contribution < -0.4 is 5.73 Å². The van der Waals surface area contributed by atoms with Gasteiger partial charge in [-0.3, -0.25) is 0 Å². The molecule has 2 heteroatoms. The Morgan fingerprint density at radius 3 is 2.33 bits per heavy atom. The van der Waals surface area contributed by atoms with E-state index in [0.29, 0.717) is 0 Å². The summed E-state index contributed by atoms with van der Waals surface area (Å²) in [4.78, 5) is 0.859. The fourth-order valence-corrected chi connectivity index (χ4v) is 0.963. The molecular weight excluding hydrogens is 166 g/mol. The average molecular weight is 183 g/mol. The number of benzene rings is 1. The zero-order chi connectivity index (χ0) is 9.56. The predicted octanol–water partition coefficient (Wildman–Crippen LogP) is 3.15. The van der Waals surface area contributed by atoms with E-state index in [1.165, 1.54) is 5.56 Å². The molecule has 68 valence electrons. The molecule has 1 rings (SSSR count). The molecule has 1 aromatic carbocycles. The van der Waals surface area contributed by atoms with Crippen LogP contribution in [0, 0.1) is 0 Å². The smallest absolute Gasteiger partial charge is 0.0452 e. The second kappa shape index (κ2) is 5.95. The lowest BCUT2D eigenvalue weighted by molar-refractivity contribution is 1.13. The fraction of sp³-hybridized carbons (Fsp3) is 0.400. The number of nitrogen functional groups attached to an aromatic ring is 1. The number of hydrogen-bond donors (Lipinski definition) is 2. The first kappa shape index (κ1) is 11.4. The van der Waals surface area contributed by atoms with Gasteiger partial charge in [-0.2, -0.15) is 0 Å². The molecule has 0 bridgehead atoms. The van der Waals surface area contributed by atoms with Crippen LogP contribution in [0.5, 0.6) is 0 Å². The van der Waals surface area contributed by atoms with Gasteiger partial charge in [-0.15, -0.1) is 12.6 Å². The second-order valence-corrected chi connectivity index (χ2v) is 2.73. The Labute approximate surface area is 80.4 Å². The number of hydrogen-bond acceptors (Lipinski definition) is 2. The minimum Gasteiger partial charge on any atom is -0.398 e. The van der Waals surface area contributed by atoms with Gasteiger partial charge in [0.05, 0.1) is 0 Å². The molecule has 0 saturated heterocycles. The van der Waals surface area contributed by atoms with Gasteiger partial charge in [0.15, 0.2) is 0 Å². The van der Waals surface area contributed by atoms with Gasteiger partial charge in [-0.1, -0.05) is 26.8 Å². The molecule has 2 N–H and O–H groups in total. The Kier molecular flexibility index (Phi) is 5.64. The van der Waals surface area contributed by atoms with Crippen LogP contribution in [-0.4, -0.2) is 0 Å². The van der Waals surface area contributed by atoms with Crippen molar-refractivity contribution in [1.29, 1.82) is 0 Å². The minimum absolute atomic E-state index is 0.766. The van der Waals surface area contributed by atoms with Crippen LogP contribution >= 0.6 is 12.6 Å². The zero-order valence-electron chi connectivity index (χ0n) is 7.96. The Morgan fingerprint density at radius 1 is 1.33 bits per heavy atom. The summed E-state index contributed by atoms with van der Waals surface area (Å²) in [5.41, 5.74) is 7.65. The molecule has 1 aromatic rings. The molecule has 0 aromatic heterocycles. The molecule has 0 saturated carbocycles. The van der Waals surface area contributed by atoms with Crippen molar-refractivity contribution in [2.24, 2.45) is 0 Å². The predicted molar refractivity (Wildman–Crippen MR) is 58.8 cm³/mol. The molecule has 0 atom stereocenters. The summed E-state index contributed by atoms with van der Waals surface area (Å²) in [5.74, 6) is 0. The first-order valence-electron chi connectivity index (χ1n) is 4.31. The van der Waals surface area contributed by atoms with Crippen molar-refractivity contribution in [1.82, 2.24) is 0 Å². The number of aryl methyl sites for hydroxylation is 1. The van der Waals surface area contributed by atoms with E-state index in [-0.39, 0.29) is 0 Å². The van der Waals surface area contributed by atoms with Crippen molar-refractivity contribution >= 4 is 18.3 Å². The van der Waals surface area contributed by atoms with E-state index in [4.69, 9.17) is 5.73 Å². The molecule has 0 aliphatic heterocycles. The van der Waals surface area contributed by atoms with Crippen LogP contribution in [-0.2, 0) is 6.42 Å². The van der Waals surface area contributed by atoms with Crippen molar-refractivity contribution < 1.29 is 0 Å². The standard InChI is InChI=1S/C8H11NS.C2H6/c1-2-6-3-4-8(10)7(9)5-6;1-2/h3-5,10H,2,9H2,1H3;1-2H3. The van der Waals surface area contributed by atoms with Crippen LogP contribution in [0.2, 0.25) is 0 Å². The Morgan fingerprint density at radius 2 is 1.92 bits per heavy atom. The maximum absolute atomic E-state index is 5.62. The summed E-state index contributed by atoms with van der Waals surface area (Å²) in [6.45, 7) is 6.10. The van der Waals surface area contributed by atoms with Gasteiger partial charge in [-0.05, 0) is 24.1 Å². The summed E-state index contributed by atoms with van der Waals surface area (Å²) in [5, 5.41) is 0. The van der Waals surface area contributed by atoms with E-state index in [1.54, 1.807) is 0 Å². The highest BCUT2D eigenvalue weighted by molar-refractivity contribution is 7.80. The summed E-state index contributed by atoms with van der Waals surface area (Å²) in [6, 6.07) is 5.93. The van der Waals surface area contributed by atoms with E-state index in [0.717, 1.165) is 17.0 Å². The number of rotatable bonds is 1. The van der Waals surface area contributed by atoms with E-state index in [1.807, 2.05) is 32.0 Å². The molecule has 12 heavy (non-hydrogen) atoms. The van der Waals surface area contributed by atoms with Gasteiger partial charge in [0, 0.05) is 10.6 Å². The number of nitrogens with two attached hydrogens (primary N) is 1. The number of anilines is 1. The topological polar surface area (TPSA) is 26.0 Å². The zero-order valence-corrected chi connectivity index (χ0v) is 8.86. The van der Waals surface area contributed by atoms with Crippen LogP contribution in [0.15, 0.2) is 23.1 Å². The summed E-state index contributed by atoms with van der Waals surface area (Å²) in [7, 11) is 0. The molecule has 0 amide bonds. The maximum atomic E-state index is 5.62. The molecule has 0 heterocycles. The van der Waals surface area contributed by atoms with Gasteiger partial charge < -0.3 is 5.73 Å². The lowest BCUT2D eigenvalue weighted by Gasteiger charge is -2.00. The highest BCUT2D eigenvalue weighted by atomic mass is 32.1. The Balaban J connectivity index is 0.000000561. The highest BCUT2D eigenvalue weighted by Crippen LogP contribution is 2.17. The van der Waals surface area contributed by atoms with Crippen LogP contribution in [0.25, 0.3) is 0 Å². The van der Waals surface area contributed by atoms with Gasteiger partial charge in [0.1, 0.15) is 0 Å². The molecule has 0 spiro atoms. The van der Waals surface area contributed by atoms with E-state index >= 15 is 0 Å². The van der Waals surface area contributed by atoms with Crippen molar-refractivity contribution in [2.75, 3.05) is 5.73 Å². The fourth-order valence-electron chi connectivity index (χ4n) is 0.824. The van der Waals surface area contributed by atoms with E-state index in [9.17, 15) is 0 Å². The highest BCUT2D eigenvalue weighted by Gasteiger charge is 1.93. The van der Waals surface area contributed by atoms with Crippen molar-refractivity contribution in [2.45, 2.75) is 32.1 Å². The summed E-state index contributed by atoms with van der Waals surface area (Å²) in [6.07, 6.45) is 1.03. The lowest BCUT2D eigenvalue weighted by Crippen LogP contribution is -1.88. The van der Waals surface area contributed by atoms with Crippen molar-refractivity contribution in [3.05, 3.63) is 23.8 Å². The molecule has 0 aliphatic carbocycles. The SMILES string of the molecule is CC.CCc1ccc(S)c(N)c1. The maximum Gasteiger partial charge on any atom is 0.0452 e. The third-order valence-electron chi connectivity index (χ3n) is 1.50. The Hall–Kier alpha value is -0.630. The minimum atomic E-state index is 0.766. The van der Waals surface area contributed by atoms with E-state index < -0.39 is 0 Å². The average Bonchev–Trinajstić information content (AvgIpc) is 2.13.